The van der Waals surface area contributed by atoms with Gasteiger partial charge < -0.3 is 10.0 Å². The second kappa shape index (κ2) is 6.57. The van der Waals surface area contributed by atoms with Crippen LogP contribution in [0.1, 0.15) is 36.2 Å². The molecule has 0 aromatic heterocycles. The Kier molecular flexibility index (Phi) is 4.78. The molecule has 1 atom stereocenters. The first kappa shape index (κ1) is 15.3. The molecule has 21 heavy (non-hydrogen) atoms. The molecule has 1 aliphatic heterocycles. The van der Waals surface area contributed by atoms with Gasteiger partial charge in [0, 0.05) is 24.7 Å². The molecule has 1 aromatic carbocycles. The van der Waals surface area contributed by atoms with Gasteiger partial charge in [0.05, 0.1) is 0 Å². The second-order valence-corrected chi connectivity index (χ2v) is 5.84. The molecule has 112 valence electrons. The van der Waals surface area contributed by atoms with Gasteiger partial charge in [0.1, 0.15) is 0 Å². The van der Waals surface area contributed by atoms with Crippen LogP contribution < -0.4 is 0 Å². The van der Waals surface area contributed by atoms with Crippen molar-refractivity contribution < 1.29 is 14.7 Å². The summed E-state index contributed by atoms with van der Waals surface area (Å²) < 4.78 is 0. The first-order valence-corrected chi connectivity index (χ1v) is 7.27. The average Bonchev–Trinajstić information content (AvgIpc) is 2.94. The molecule has 1 N–H and O–H groups in total. The molecule has 1 amide bonds. The van der Waals surface area contributed by atoms with Crippen LogP contribution in [0.5, 0.6) is 0 Å². The van der Waals surface area contributed by atoms with Crippen molar-refractivity contribution in [2.75, 3.05) is 13.1 Å². The Morgan fingerprint density at radius 3 is 2.76 bits per heavy atom. The van der Waals surface area contributed by atoms with Crippen molar-refractivity contribution >= 4 is 18.0 Å². The van der Waals surface area contributed by atoms with E-state index in [0.29, 0.717) is 17.4 Å². The van der Waals surface area contributed by atoms with Gasteiger partial charge in [-0.25, -0.2) is 4.79 Å². The zero-order chi connectivity index (χ0) is 15.4. The topological polar surface area (TPSA) is 57.6 Å². The molecule has 2 rings (SSSR count). The fourth-order valence-electron chi connectivity index (χ4n) is 2.64. The van der Waals surface area contributed by atoms with Crippen molar-refractivity contribution in [2.24, 2.45) is 11.8 Å². The first-order chi connectivity index (χ1) is 9.97. The summed E-state index contributed by atoms with van der Waals surface area (Å²) in [5, 5.41) is 8.65. The number of likely N-dealkylation sites (tertiary alicyclic amines) is 1. The zero-order valence-corrected chi connectivity index (χ0v) is 12.5. The van der Waals surface area contributed by atoms with Gasteiger partial charge in [-0.1, -0.05) is 26.0 Å². The third-order valence-electron chi connectivity index (χ3n) is 4.01. The average molecular weight is 287 g/mol. The first-order valence-electron chi connectivity index (χ1n) is 7.27. The van der Waals surface area contributed by atoms with E-state index in [1.165, 1.54) is 6.08 Å². The number of hydrogen-bond donors (Lipinski definition) is 1. The van der Waals surface area contributed by atoms with Gasteiger partial charge in [0.15, 0.2) is 0 Å². The molecule has 1 aromatic rings. The highest BCUT2D eigenvalue weighted by molar-refractivity contribution is 5.95. The number of rotatable bonds is 4. The maximum Gasteiger partial charge on any atom is 0.328 e. The van der Waals surface area contributed by atoms with E-state index in [4.69, 9.17) is 5.11 Å². The number of carboxylic acid groups (broad SMARTS) is 1. The van der Waals surface area contributed by atoms with Crippen LogP contribution in [0.15, 0.2) is 30.3 Å². The summed E-state index contributed by atoms with van der Waals surface area (Å²) in [5.41, 5.74) is 1.34. The van der Waals surface area contributed by atoms with Crippen molar-refractivity contribution in [3.8, 4) is 0 Å². The third kappa shape index (κ3) is 3.94. The Morgan fingerprint density at radius 2 is 2.14 bits per heavy atom. The largest absolute Gasteiger partial charge is 0.478 e. The maximum atomic E-state index is 12.5. The van der Waals surface area contributed by atoms with Crippen molar-refractivity contribution in [1.82, 2.24) is 4.90 Å². The predicted octanol–water partition coefficient (Wildman–Crippen LogP) is 2.90. The van der Waals surface area contributed by atoms with Crippen molar-refractivity contribution in [3.63, 3.8) is 0 Å². The summed E-state index contributed by atoms with van der Waals surface area (Å²) in [6.45, 7) is 5.99. The summed E-state index contributed by atoms with van der Waals surface area (Å²) in [6, 6.07) is 7.09. The summed E-state index contributed by atoms with van der Waals surface area (Å²) in [7, 11) is 0. The fraction of sp³-hybridized carbons (Fsp3) is 0.412. The van der Waals surface area contributed by atoms with E-state index in [1.807, 2.05) is 4.90 Å². The molecule has 1 aliphatic rings. The molecule has 1 saturated heterocycles. The number of aliphatic carboxylic acids is 1. The highest BCUT2D eigenvalue weighted by Crippen LogP contribution is 2.25. The lowest BCUT2D eigenvalue weighted by atomic mass is 9.95. The van der Waals surface area contributed by atoms with Gasteiger partial charge in [-0.05, 0) is 42.0 Å². The molecule has 0 bridgehead atoms. The molecule has 0 spiro atoms. The number of hydrogen-bond acceptors (Lipinski definition) is 2. The van der Waals surface area contributed by atoms with Crippen molar-refractivity contribution in [2.45, 2.75) is 20.3 Å². The number of carbonyl (C=O) groups is 2. The van der Waals surface area contributed by atoms with Gasteiger partial charge in [-0.15, -0.1) is 0 Å². The zero-order valence-electron chi connectivity index (χ0n) is 12.5. The number of carboxylic acids is 1. The second-order valence-electron chi connectivity index (χ2n) is 5.84. The van der Waals surface area contributed by atoms with Crippen LogP contribution in [0.25, 0.3) is 6.08 Å². The minimum atomic E-state index is -0.994. The van der Waals surface area contributed by atoms with Crippen LogP contribution in [-0.4, -0.2) is 35.0 Å². The Bertz CT molecular complexity index is 563. The van der Waals surface area contributed by atoms with E-state index >= 15 is 0 Å². The number of nitrogens with zero attached hydrogens (tertiary/aromatic N) is 1. The van der Waals surface area contributed by atoms with E-state index in [-0.39, 0.29) is 5.91 Å². The maximum absolute atomic E-state index is 12.5. The van der Waals surface area contributed by atoms with Gasteiger partial charge in [-0.3, -0.25) is 4.79 Å². The minimum Gasteiger partial charge on any atom is -0.478 e. The lowest BCUT2D eigenvalue weighted by Crippen LogP contribution is -2.29. The molecule has 0 aliphatic carbocycles. The van der Waals surface area contributed by atoms with E-state index in [0.717, 1.165) is 31.1 Å². The number of amides is 1. The Balaban J connectivity index is 2.10. The standard InChI is InChI=1S/C17H21NO3/c1-12(2)15-8-9-18(11-15)17(21)14-5-3-4-13(10-14)6-7-16(19)20/h3-7,10,12,15H,8-9,11H2,1-2H3,(H,19,20)/b7-6+. The van der Waals surface area contributed by atoms with Crippen LogP contribution in [0.2, 0.25) is 0 Å². The Labute approximate surface area is 125 Å². The van der Waals surface area contributed by atoms with E-state index in [1.54, 1.807) is 24.3 Å². The predicted molar refractivity (Wildman–Crippen MR) is 82.0 cm³/mol. The third-order valence-corrected chi connectivity index (χ3v) is 4.01. The highest BCUT2D eigenvalue weighted by Gasteiger charge is 2.28. The number of carbonyl (C=O) groups excluding carboxylic acids is 1. The molecular formula is C17H21NO3. The van der Waals surface area contributed by atoms with Gasteiger partial charge >= 0.3 is 5.97 Å². The van der Waals surface area contributed by atoms with Gasteiger partial charge in [0.25, 0.3) is 5.91 Å². The van der Waals surface area contributed by atoms with Gasteiger partial charge in [0.2, 0.25) is 0 Å². The lowest BCUT2D eigenvalue weighted by molar-refractivity contribution is -0.131. The van der Waals surface area contributed by atoms with Crippen molar-refractivity contribution in [3.05, 3.63) is 41.5 Å². The van der Waals surface area contributed by atoms with Crippen LogP contribution in [-0.2, 0) is 4.79 Å². The van der Waals surface area contributed by atoms with Crippen LogP contribution in [0.4, 0.5) is 0 Å². The smallest absolute Gasteiger partial charge is 0.328 e. The van der Waals surface area contributed by atoms with Crippen LogP contribution >= 0.6 is 0 Å². The van der Waals surface area contributed by atoms with E-state index in [9.17, 15) is 9.59 Å². The molecule has 0 radical (unpaired) electrons. The van der Waals surface area contributed by atoms with E-state index < -0.39 is 5.97 Å². The quantitative estimate of drug-likeness (QED) is 0.866. The molecule has 0 saturated carbocycles. The summed E-state index contributed by atoms with van der Waals surface area (Å²) in [4.78, 5) is 24.9. The van der Waals surface area contributed by atoms with Crippen molar-refractivity contribution in [1.29, 1.82) is 0 Å². The SMILES string of the molecule is CC(C)C1CCN(C(=O)c2cccc(/C=C/C(=O)O)c2)C1. The summed E-state index contributed by atoms with van der Waals surface area (Å²) in [5.74, 6) is 0.200. The lowest BCUT2D eigenvalue weighted by Gasteiger charge is -2.18. The highest BCUT2D eigenvalue weighted by atomic mass is 16.4. The van der Waals surface area contributed by atoms with E-state index in [2.05, 4.69) is 13.8 Å². The van der Waals surface area contributed by atoms with Gasteiger partial charge in [-0.2, -0.15) is 0 Å². The minimum absolute atomic E-state index is 0.0312. The summed E-state index contributed by atoms with van der Waals surface area (Å²) >= 11 is 0. The summed E-state index contributed by atoms with van der Waals surface area (Å²) in [6.07, 6.45) is 3.64. The Morgan fingerprint density at radius 1 is 1.38 bits per heavy atom. The Hall–Kier alpha value is -2.10. The molecule has 4 heteroatoms. The number of benzene rings is 1. The molecule has 1 heterocycles. The molecule has 1 unspecified atom stereocenters. The van der Waals surface area contributed by atoms with Crippen LogP contribution in [0.3, 0.4) is 0 Å². The van der Waals surface area contributed by atoms with Crippen LogP contribution in [0, 0.1) is 11.8 Å². The molecule has 4 nitrogen and oxygen atoms in total. The monoisotopic (exact) mass is 287 g/mol. The molecular weight excluding hydrogens is 266 g/mol. The molecule has 1 fully saturated rings. The fourth-order valence-corrected chi connectivity index (χ4v) is 2.64. The normalized spacial score (nSPS) is 18.6.